The Labute approximate surface area is 189 Å². The molecule has 0 radical (unpaired) electrons. The van der Waals surface area contributed by atoms with Crippen LogP contribution in [-0.2, 0) is 38.1 Å². The molecule has 0 unspecified atom stereocenters. The SMILES string of the molecule is COC1(OC)[C@@]2(Cl)C(Cl)=C(Cl)[C@]1(Cl)[C@H]1[C@@H]2[C@@H](OS(C)(=O)=O)C=C[C@H]1OS(C)(=O)=O. The summed E-state index contributed by atoms with van der Waals surface area (Å²) in [5, 5.41) is -0.229. The predicted octanol–water partition coefficient (Wildman–Crippen LogP) is 2.14. The zero-order valence-electron chi connectivity index (χ0n) is 15.6. The summed E-state index contributed by atoms with van der Waals surface area (Å²) in [4.78, 5) is -3.61. The molecule has 0 aromatic heterocycles. The molecule has 166 valence electrons. The molecular formula is C15H18Cl4O8S2. The van der Waals surface area contributed by atoms with Gasteiger partial charge in [0, 0.05) is 26.1 Å². The highest BCUT2D eigenvalue weighted by atomic mass is 35.5. The summed E-state index contributed by atoms with van der Waals surface area (Å²) in [7, 11) is -5.36. The van der Waals surface area contributed by atoms with Gasteiger partial charge in [0.15, 0.2) is 0 Å². The predicted molar refractivity (Wildman–Crippen MR) is 108 cm³/mol. The first-order valence-electron chi connectivity index (χ1n) is 8.10. The molecule has 1 saturated carbocycles. The Hall–Kier alpha value is 0.380. The molecule has 0 heterocycles. The molecule has 14 heteroatoms. The van der Waals surface area contributed by atoms with Crippen LogP contribution in [0.15, 0.2) is 22.2 Å². The van der Waals surface area contributed by atoms with Crippen molar-refractivity contribution in [2.24, 2.45) is 11.8 Å². The van der Waals surface area contributed by atoms with Gasteiger partial charge in [0.1, 0.15) is 22.0 Å². The zero-order chi connectivity index (χ0) is 22.2. The fourth-order valence-electron chi connectivity index (χ4n) is 4.68. The van der Waals surface area contributed by atoms with Gasteiger partial charge in [-0.1, -0.05) is 35.4 Å². The Morgan fingerprint density at radius 3 is 1.34 bits per heavy atom. The quantitative estimate of drug-likeness (QED) is 0.222. The number of fused-ring (bicyclic) bond motifs is 5. The minimum absolute atomic E-state index is 0.115. The van der Waals surface area contributed by atoms with E-state index in [1.165, 1.54) is 26.4 Å². The van der Waals surface area contributed by atoms with Crippen LogP contribution in [0, 0.1) is 11.8 Å². The van der Waals surface area contributed by atoms with E-state index in [-0.39, 0.29) is 10.1 Å². The van der Waals surface area contributed by atoms with Gasteiger partial charge < -0.3 is 9.47 Å². The number of rotatable bonds is 6. The lowest BCUT2D eigenvalue weighted by Crippen LogP contribution is -2.58. The van der Waals surface area contributed by atoms with Crippen molar-refractivity contribution < 1.29 is 34.7 Å². The van der Waals surface area contributed by atoms with Gasteiger partial charge in [-0.15, -0.1) is 23.2 Å². The highest BCUT2D eigenvalue weighted by Gasteiger charge is 2.87. The van der Waals surface area contributed by atoms with E-state index >= 15 is 0 Å². The molecule has 29 heavy (non-hydrogen) atoms. The van der Waals surface area contributed by atoms with E-state index in [2.05, 4.69) is 0 Å². The third-order valence-electron chi connectivity index (χ3n) is 5.44. The Balaban J connectivity index is 2.31. The molecule has 3 rings (SSSR count). The van der Waals surface area contributed by atoms with Crippen LogP contribution in [0.4, 0.5) is 0 Å². The molecular weight excluding hydrogens is 514 g/mol. The molecule has 8 nitrogen and oxygen atoms in total. The minimum atomic E-state index is -3.95. The lowest BCUT2D eigenvalue weighted by atomic mass is 9.72. The third kappa shape index (κ3) is 3.13. The van der Waals surface area contributed by atoms with Gasteiger partial charge in [0.2, 0.25) is 5.79 Å². The van der Waals surface area contributed by atoms with Crippen LogP contribution in [0.3, 0.4) is 0 Å². The smallest absolute Gasteiger partial charge is 0.264 e. The number of methoxy groups -OCH3 is 2. The Morgan fingerprint density at radius 2 is 1.10 bits per heavy atom. The molecule has 0 spiro atoms. The van der Waals surface area contributed by atoms with E-state index in [0.717, 1.165) is 12.5 Å². The molecule has 0 aliphatic heterocycles. The topological polar surface area (TPSA) is 105 Å². The van der Waals surface area contributed by atoms with Gasteiger partial charge in [-0.2, -0.15) is 16.8 Å². The van der Waals surface area contributed by atoms with Crippen molar-refractivity contribution in [1.29, 1.82) is 0 Å². The second-order valence-corrected chi connectivity index (χ2v) is 12.2. The lowest BCUT2D eigenvalue weighted by Gasteiger charge is -2.43. The molecule has 3 aliphatic rings. The van der Waals surface area contributed by atoms with E-state index in [1.54, 1.807) is 0 Å². The first-order chi connectivity index (χ1) is 13.1. The maximum Gasteiger partial charge on any atom is 0.264 e. The summed E-state index contributed by atoms with van der Waals surface area (Å²) in [6.07, 6.45) is 2.05. The molecule has 0 amide bonds. The summed E-state index contributed by atoms with van der Waals surface area (Å²) in [6.45, 7) is 0. The highest BCUT2D eigenvalue weighted by molar-refractivity contribution is 7.86. The van der Waals surface area contributed by atoms with Crippen molar-refractivity contribution in [2.45, 2.75) is 27.7 Å². The van der Waals surface area contributed by atoms with Crippen LogP contribution in [0.5, 0.6) is 0 Å². The van der Waals surface area contributed by atoms with E-state index < -0.39 is 59.8 Å². The van der Waals surface area contributed by atoms with E-state index in [1.807, 2.05) is 0 Å². The van der Waals surface area contributed by atoms with Crippen molar-refractivity contribution in [2.75, 3.05) is 26.7 Å². The normalized spacial score (nSPS) is 41.1. The highest BCUT2D eigenvalue weighted by Crippen LogP contribution is 2.76. The molecule has 1 fully saturated rings. The number of alkyl halides is 2. The van der Waals surface area contributed by atoms with Gasteiger partial charge >= 0.3 is 0 Å². The lowest BCUT2D eigenvalue weighted by molar-refractivity contribution is -0.221. The molecule has 0 aromatic carbocycles. The second kappa shape index (κ2) is 7.19. The van der Waals surface area contributed by atoms with Gasteiger partial charge in [0.25, 0.3) is 20.2 Å². The van der Waals surface area contributed by atoms with Crippen LogP contribution < -0.4 is 0 Å². The summed E-state index contributed by atoms with van der Waals surface area (Å²) in [5.74, 6) is -3.96. The Kier molecular flexibility index (Phi) is 5.96. The molecule has 2 bridgehead atoms. The molecule has 3 aliphatic carbocycles. The van der Waals surface area contributed by atoms with Crippen molar-refractivity contribution in [3.63, 3.8) is 0 Å². The van der Waals surface area contributed by atoms with E-state index in [9.17, 15) is 16.8 Å². The molecule has 0 aromatic rings. The average Bonchev–Trinajstić information content (AvgIpc) is 2.84. The summed E-state index contributed by atoms with van der Waals surface area (Å²) in [6, 6.07) is 0. The zero-order valence-corrected chi connectivity index (χ0v) is 20.2. The summed E-state index contributed by atoms with van der Waals surface area (Å²) in [5.41, 5.74) is 0. The second-order valence-electron chi connectivity index (χ2n) is 7.04. The standard InChI is InChI=1S/C15H18Cl4O8S2/c1-24-15(25-2)13(18)9-7(26-28(3,20)21)5-6-8(27-29(4,22)23)10(9)14(15,19)12(17)11(13)16/h5-10H,1-4H3/t7-,8+,9-,10+,13-,14+. The fraction of sp³-hybridized carbons (Fsp3) is 0.733. The van der Waals surface area contributed by atoms with Crippen LogP contribution in [0.1, 0.15) is 0 Å². The summed E-state index contributed by atoms with van der Waals surface area (Å²) < 4.78 is 69.0. The first-order valence-corrected chi connectivity index (χ1v) is 13.2. The molecule has 0 saturated heterocycles. The van der Waals surface area contributed by atoms with Gasteiger partial charge in [-0.05, 0) is 0 Å². The monoisotopic (exact) mass is 530 g/mol. The maximum atomic E-state index is 11.8. The van der Waals surface area contributed by atoms with Crippen molar-refractivity contribution in [3.05, 3.63) is 22.2 Å². The van der Waals surface area contributed by atoms with Gasteiger partial charge in [0.05, 0.1) is 22.6 Å². The molecule has 0 N–H and O–H groups in total. The van der Waals surface area contributed by atoms with Crippen LogP contribution in [0.25, 0.3) is 0 Å². The number of hydrogen-bond acceptors (Lipinski definition) is 8. The number of hydrogen-bond donors (Lipinski definition) is 0. The maximum absolute atomic E-state index is 11.8. The largest absolute Gasteiger partial charge is 0.350 e. The van der Waals surface area contributed by atoms with Crippen molar-refractivity contribution >= 4 is 66.6 Å². The van der Waals surface area contributed by atoms with Crippen LogP contribution >= 0.6 is 46.4 Å². The Bertz CT molecular complexity index is 916. The third-order valence-corrected chi connectivity index (χ3v) is 9.23. The minimum Gasteiger partial charge on any atom is -0.350 e. The van der Waals surface area contributed by atoms with Crippen LogP contribution in [0.2, 0.25) is 0 Å². The first kappa shape index (κ1) is 24.0. The van der Waals surface area contributed by atoms with Gasteiger partial charge in [-0.3, -0.25) is 8.37 Å². The Morgan fingerprint density at radius 1 is 0.793 bits per heavy atom. The van der Waals surface area contributed by atoms with Crippen LogP contribution in [-0.4, -0.2) is 71.3 Å². The fourth-order valence-corrected chi connectivity index (χ4v) is 8.12. The van der Waals surface area contributed by atoms with E-state index in [0.29, 0.717) is 0 Å². The summed E-state index contributed by atoms with van der Waals surface area (Å²) >= 11 is 26.8. The number of ether oxygens (including phenoxy) is 2. The van der Waals surface area contributed by atoms with E-state index in [4.69, 9.17) is 64.2 Å². The van der Waals surface area contributed by atoms with Gasteiger partial charge in [-0.25, -0.2) is 0 Å². The van der Waals surface area contributed by atoms with Crippen molar-refractivity contribution in [1.82, 2.24) is 0 Å². The number of halogens is 4. The average molecular weight is 532 g/mol. The molecule has 6 atom stereocenters. The van der Waals surface area contributed by atoms with Crippen molar-refractivity contribution in [3.8, 4) is 0 Å².